The maximum atomic E-state index is 12.5. The van der Waals surface area contributed by atoms with E-state index in [1.807, 2.05) is 38.1 Å². The van der Waals surface area contributed by atoms with Gasteiger partial charge in [0, 0.05) is 42.5 Å². The summed E-state index contributed by atoms with van der Waals surface area (Å²) in [6.07, 6.45) is 4.62. The highest BCUT2D eigenvalue weighted by molar-refractivity contribution is 5.95. The van der Waals surface area contributed by atoms with Gasteiger partial charge in [-0.2, -0.15) is 0 Å². The van der Waals surface area contributed by atoms with Gasteiger partial charge in [0.05, 0.1) is 0 Å². The Morgan fingerprint density at radius 2 is 2.12 bits per heavy atom. The van der Waals surface area contributed by atoms with Gasteiger partial charge in [-0.15, -0.1) is 0 Å². The molecule has 2 amide bonds. The Hall–Kier alpha value is -2.89. The van der Waals surface area contributed by atoms with E-state index in [9.17, 15) is 9.59 Å². The molecule has 1 aliphatic heterocycles. The van der Waals surface area contributed by atoms with E-state index >= 15 is 0 Å². The second-order valence-corrected chi connectivity index (χ2v) is 6.60. The van der Waals surface area contributed by atoms with Crippen LogP contribution in [0.1, 0.15) is 39.9 Å². The summed E-state index contributed by atoms with van der Waals surface area (Å²) in [5, 5.41) is 5.76. The molecule has 1 saturated heterocycles. The first-order chi connectivity index (χ1) is 12.5. The number of aromatic nitrogens is 1. The van der Waals surface area contributed by atoms with E-state index in [2.05, 4.69) is 15.6 Å². The SMILES string of the molecule is Cc1cc(C(=O)NC2CCC(=O)NC2)cc(C)c1OCc1cccnc1. The van der Waals surface area contributed by atoms with Crippen LogP contribution in [0.4, 0.5) is 0 Å². The number of piperidine rings is 1. The van der Waals surface area contributed by atoms with Gasteiger partial charge in [0.15, 0.2) is 0 Å². The summed E-state index contributed by atoms with van der Waals surface area (Å²) in [6.45, 7) is 4.78. The van der Waals surface area contributed by atoms with Crippen molar-refractivity contribution < 1.29 is 14.3 Å². The zero-order valence-corrected chi connectivity index (χ0v) is 15.0. The van der Waals surface area contributed by atoms with Crippen LogP contribution in [0, 0.1) is 13.8 Å². The quantitative estimate of drug-likeness (QED) is 0.864. The predicted octanol–water partition coefficient (Wildman–Crippen LogP) is 2.29. The summed E-state index contributed by atoms with van der Waals surface area (Å²) >= 11 is 0. The highest BCUT2D eigenvalue weighted by Gasteiger charge is 2.21. The van der Waals surface area contributed by atoms with Crippen molar-refractivity contribution in [3.05, 3.63) is 58.9 Å². The van der Waals surface area contributed by atoms with E-state index in [1.165, 1.54) is 0 Å². The number of hydrogen-bond acceptors (Lipinski definition) is 4. The number of nitrogens with zero attached hydrogens (tertiary/aromatic N) is 1. The number of nitrogens with one attached hydrogen (secondary N) is 2. The fourth-order valence-corrected chi connectivity index (χ4v) is 3.07. The van der Waals surface area contributed by atoms with Crippen LogP contribution >= 0.6 is 0 Å². The number of ether oxygens (including phenoxy) is 1. The van der Waals surface area contributed by atoms with Gasteiger partial charge in [-0.3, -0.25) is 14.6 Å². The Balaban J connectivity index is 1.66. The van der Waals surface area contributed by atoms with Gasteiger partial charge >= 0.3 is 0 Å². The topological polar surface area (TPSA) is 80.3 Å². The molecule has 0 bridgehead atoms. The third-order valence-electron chi connectivity index (χ3n) is 4.43. The van der Waals surface area contributed by atoms with Crippen LogP contribution in [0.3, 0.4) is 0 Å². The molecule has 1 fully saturated rings. The molecule has 0 aliphatic carbocycles. The molecule has 0 saturated carbocycles. The molecule has 2 N–H and O–H groups in total. The Labute approximate surface area is 153 Å². The van der Waals surface area contributed by atoms with Crippen molar-refractivity contribution in [2.45, 2.75) is 39.3 Å². The van der Waals surface area contributed by atoms with Crippen molar-refractivity contribution >= 4 is 11.8 Å². The van der Waals surface area contributed by atoms with Crippen LogP contribution in [0.2, 0.25) is 0 Å². The summed E-state index contributed by atoms with van der Waals surface area (Å²) < 4.78 is 5.93. The number of benzene rings is 1. The number of aryl methyl sites for hydroxylation is 2. The van der Waals surface area contributed by atoms with Gasteiger partial charge in [0.25, 0.3) is 5.91 Å². The molecule has 6 heteroatoms. The zero-order chi connectivity index (χ0) is 18.5. The lowest BCUT2D eigenvalue weighted by atomic mass is 10.0. The lowest BCUT2D eigenvalue weighted by Crippen LogP contribution is -2.47. The van der Waals surface area contributed by atoms with Crippen LogP contribution in [0.5, 0.6) is 5.75 Å². The number of hydrogen-bond donors (Lipinski definition) is 2. The van der Waals surface area contributed by atoms with Crippen LogP contribution in [-0.4, -0.2) is 29.4 Å². The van der Waals surface area contributed by atoms with E-state index in [-0.39, 0.29) is 17.9 Å². The number of carbonyl (C=O) groups is 2. The fraction of sp³-hybridized carbons (Fsp3) is 0.350. The number of carbonyl (C=O) groups excluding carboxylic acids is 2. The van der Waals surface area contributed by atoms with Gasteiger partial charge < -0.3 is 15.4 Å². The normalized spacial score (nSPS) is 16.7. The number of pyridine rings is 1. The molecule has 6 nitrogen and oxygen atoms in total. The Morgan fingerprint density at radius 1 is 1.35 bits per heavy atom. The van der Waals surface area contributed by atoms with Gasteiger partial charge in [-0.05, 0) is 49.6 Å². The highest BCUT2D eigenvalue weighted by Crippen LogP contribution is 2.26. The molecule has 0 radical (unpaired) electrons. The molecule has 2 aromatic rings. The van der Waals surface area contributed by atoms with E-state index in [0.29, 0.717) is 31.6 Å². The monoisotopic (exact) mass is 353 g/mol. The highest BCUT2D eigenvalue weighted by atomic mass is 16.5. The molecule has 3 rings (SSSR count). The molecule has 1 aromatic carbocycles. The summed E-state index contributed by atoms with van der Waals surface area (Å²) in [5.74, 6) is 0.698. The van der Waals surface area contributed by atoms with Crippen molar-refractivity contribution in [2.24, 2.45) is 0 Å². The van der Waals surface area contributed by atoms with Crippen molar-refractivity contribution in [1.82, 2.24) is 15.6 Å². The van der Waals surface area contributed by atoms with Crippen LogP contribution in [0.15, 0.2) is 36.7 Å². The average molecular weight is 353 g/mol. The van der Waals surface area contributed by atoms with E-state index < -0.39 is 0 Å². The van der Waals surface area contributed by atoms with Crippen molar-refractivity contribution in [1.29, 1.82) is 0 Å². The maximum absolute atomic E-state index is 12.5. The van der Waals surface area contributed by atoms with E-state index in [4.69, 9.17) is 4.74 Å². The van der Waals surface area contributed by atoms with Crippen LogP contribution in [0.25, 0.3) is 0 Å². The molecule has 26 heavy (non-hydrogen) atoms. The molecular formula is C20H23N3O3. The molecule has 1 unspecified atom stereocenters. The minimum Gasteiger partial charge on any atom is -0.488 e. The van der Waals surface area contributed by atoms with Crippen LogP contribution in [-0.2, 0) is 11.4 Å². The lowest BCUT2D eigenvalue weighted by Gasteiger charge is -2.23. The van der Waals surface area contributed by atoms with Crippen LogP contribution < -0.4 is 15.4 Å². The Morgan fingerprint density at radius 3 is 2.73 bits per heavy atom. The molecule has 1 atom stereocenters. The van der Waals surface area contributed by atoms with Gasteiger partial charge in [-0.25, -0.2) is 0 Å². The second-order valence-electron chi connectivity index (χ2n) is 6.60. The minimum absolute atomic E-state index is 0.0256. The Kier molecular flexibility index (Phi) is 5.51. The smallest absolute Gasteiger partial charge is 0.251 e. The predicted molar refractivity (Wildman–Crippen MR) is 98.0 cm³/mol. The summed E-state index contributed by atoms with van der Waals surface area (Å²) in [7, 11) is 0. The first kappa shape index (κ1) is 17.9. The van der Waals surface area contributed by atoms with E-state index in [1.54, 1.807) is 12.4 Å². The largest absolute Gasteiger partial charge is 0.488 e. The Bertz CT molecular complexity index is 772. The van der Waals surface area contributed by atoms with Gasteiger partial charge in [0.1, 0.15) is 12.4 Å². The summed E-state index contributed by atoms with van der Waals surface area (Å²) in [5.41, 5.74) is 3.42. The fourth-order valence-electron chi connectivity index (χ4n) is 3.07. The molecule has 136 valence electrons. The number of amides is 2. The molecule has 2 heterocycles. The lowest BCUT2D eigenvalue weighted by molar-refractivity contribution is -0.122. The standard InChI is InChI=1S/C20H23N3O3/c1-13-8-16(20(25)23-17-5-6-18(24)22-11-17)9-14(2)19(13)26-12-15-4-3-7-21-10-15/h3-4,7-10,17H,5-6,11-12H2,1-2H3,(H,22,24)(H,23,25). The summed E-state index contributed by atoms with van der Waals surface area (Å²) in [4.78, 5) is 27.8. The number of rotatable bonds is 5. The minimum atomic E-state index is -0.129. The van der Waals surface area contributed by atoms with Crippen molar-refractivity contribution in [3.63, 3.8) is 0 Å². The summed E-state index contributed by atoms with van der Waals surface area (Å²) in [6, 6.07) is 7.48. The average Bonchev–Trinajstić information content (AvgIpc) is 2.63. The zero-order valence-electron chi connectivity index (χ0n) is 15.0. The molecule has 1 aromatic heterocycles. The second kappa shape index (κ2) is 7.99. The molecule has 0 spiro atoms. The van der Waals surface area contributed by atoms with Crippen molar-refractivity contribution in [2.75, 3.05) is 6.54 Å². The third kappa shape index (κ3) is 4.39. The molecular weight excluding hydrogens is 330 g/mol. The van der Waals surface area contributed by atoms with Gasteiger partial charge in [0.2, 0.25) is 5.91 Å². The van der Waals surface area contributed by atoms with E-state index in [0.717, 1.165) is 22.4 Å². The van der Waals surface area contributed by atoms with Crippen molar-refractivity contribution in [3.8, 4) is 5.75 Å². The third-order valence-corrected chi connectivity index (χ3v) is 4.43. The molecule has 1 aliphatic rings. The first-order valence-electron chi connectivity index (χ1n) is 8.73. The maximum Gasteiger partial charge on any atom is 0.251 e. The first-order valence-corrected chi connectivity index (χ1v) is 8.73. The van der Waals surface area contributed by atoms with Gasteiger partial charge in [-0.1, -0.05) is 6.07 Å².